The first kappa shape index (κ1) is 22.3. The van der Waals surface area contributed by atoms with E-state index in [4.69, 9.17) is 4.74 Å². The quantitative estimate of drug-likeness (QED) is 0.441. The van der Waals surface area contributed by atoms with Gasteiger partial charge >= 0.3 is 0 Å². The van der Waals surface area contributed by atoms with Crippen LogP contribution in [0.5, 0.6) is 11.5 Å². The number of likely N-dealkylation sites (tertiary alicyclic amines) is 1. The van der Waals surface area contributed by atoms with E-state index in [0.717, 1.165) is 16.7 Å². The Labute approximate surface area is 192 Å². The SMILES string of the molecule is COc1cccc(CN2C(=O)C[C@@H](c3ccc(C)cc3)[C@H]([N+](=O)[O-])[C@H]2c2ccc(O)cc2)c1. The summed E-state index contributed by atoms with van der Waals surface area (Å²) in [6.07, 6.45) is 0.0489. The van der Waals surface area contributed by atoms with Crippen LogP contribution in [0.4, 0.5) is 0 Å². The molecule has 1 saturated heterocycles. The fourth-order valence-electron chi connectivity index (χ4n) is 4.58. The summed E-state index contributed by atoms with van der Waals surface area (Å²) in [5.41, 5.74) is 3.26. The van der Waals surface area contributed by atoms with Gasteiger partial charge in [-0.3, -0.25) is 14.9 Å². The molecule has 0 radical (unpaired) electrons. The van der Waals surface area contributed by atoms with Gasteiger partial charge in [-0.2, -0.15) is 0 Å². The lowest BCUT2D eigenvalue weighted by atomic mass is 9.78. The number of phenols is 1. The van der Waals surface area contributed by atoms with Crippen LogP contribution in [-0.2, 0) is 11.3 Å². The van der Waals surface area contributed by atoms with Crippen molar-refractivity contribution in [1.29, 1.82) is 0 Å². The van der Waals surface area contributed by atoms with E-state index >= 15 is 0 Å². The third-order valence-electron chi connectivity index (χ3n) is 6.26. The van der Waals surface area contributed by atoms with E-state index in [2.05, 4.69) is 0 Å². The lowest BCUT2D eigenvalue weighted by Crippen LogP contribution is -2.51. The number of nitrogens with zero attached hydrogens (tertiary/aromatic N) is 2. The summed E-state index contributed by atoms with van der Waals surface area (Å²) in [5, 5.41) is 22.2. The van der Waals surface area contributed by atoms with Gasteiger partial charge in [0.25, 0.3) is 0 Å². The molecular formula is C26H26N2O5. The number of benzene rings is 3. The number of rotatable bonds is 6. The number of nitro groups is 1. The lowest BCUT2D eigenvalue weighted by Gasteiger charge is -2.41. The van der Waals surface area contributed by atoms with Gasteiger partial charge < -0.3 is 14.7 Å². The Bertz CT molecular complexity index is 1140. The van der Waals surface area contributed by atoms with Crippen LogP contribution in [0.2, 0.25) is 0 Å². The molecule has 3 aromatic rings. The Morgan fingerprint density at radius 2 is 1.73 bits per heavy atom. The van der Waals surface area contributed by atoms with Crippen LogP contribution in [0.15, 0.2) is 72.8 Å². The first-order chi connectivity index (χ1) is 15.9. The van der Waals surface area contributed by atoms with Crippen molar-refractivity contribution in [2.45, 2.75) is 37.9 Å². The summed E-state index contributed by atoms with van der Waals surface area (Å²) in [5.74, 6) is 0.00232. The van der Waals surface area contributed by atoms with E-state index in [1.165, 1.54) is 12.1 Å². The second-order valence-electron chi connectivity index (χ2n) is 8.41. The van der Waals surface area contributed by atoms with Gasteiger partial charge in [0.15, 0.2) is 0 Å². The van der Waals surface area contributed by atoms with Gasteiger partial charge in [-0.1, -0.05) is 54.1 Å². The highest BCUT2D eigenvalue weighted by molar-refractivity contribution is 5.79. The predicted octanol–water partition coefficient (Wildman–Crippen LogP) is 4.61. The normalized spacial score (nSPS) is 20.5. The van der Waals surface area contributed by atoms with Gasteiger partial charge in [-0.25, -0.2) is 0 Å². The van der Waals surface area contributed by atoms with Gasteiger partial charge in [0.05, 0.1) is 13.0 Å². The van der Waals surface area contributed by atoms with Gasteiger partial charge in [0.2, 0.25) is 11.9 Å². The number of methoxy groups -OCH3 is 1. The summed E-state index contributed by atoms with van der Waals surface area (Å²) < 4.78 is 5.30. The maximum atomic E-state index is 13.4. The number of amides is 1. The fourth-order valence-corrected chi connectivity index (χ4v) is 4.58. The number of hydrogen-bond donors (Lipinski definition) is 1. The molecule has 0 aromatic heterocycles. The molecule has 3 aromatic carbocycles. The minimum Gasteiger partial charge on any atom is -0.508 e. The number of hydrogen-bond acceptors (Lipinski definition) is 5. The average Bonchev–Trinajstić information content (AvgIpc) is 2.81. The molecule has 0 bridgehead atoms. The number of phenolic OH excluding ortho intramolecular Hbond substituents is 1. The van der Waals surface area contributed by atoms with Crippen LogP contribution in [0.25, 0.3) is 0 Å². The average molecular weight is 447 g/mol. The molecule has 1 aliphatic rings. The summed E-state index contributed by atoms with van der Waals surface area (Å²) in [6, 6.07) is 19.4. The van der Waals surface area contributed by atoms with E-state index in [1.807, 2.05) is 55.5 Å². The maximum absolute atomic E-state index is 13.4. The molecular weight excluding hydrogens is 420 g/mol. The molecule has 170 valence electrons. The molecule has 33 heavy (non-hydrogen) atoms. The number of carbonyl (C=O) groups is 1. The molecule has 1 fully saturated rings. The zero-order chi connectivity index (χ0) is 23.5. The lowest BCUT2D eigenvalue weighted by molar-refractivity contribution is -0.537. The van der Waals surface area contributed by atoms with Crippen LogP contribution in [0.1, 0.15) is 40.6 Å². The van der Waals surface area contributed by atoms with Crippen molar-refractivity contribution >= 4 is 5.91 Å². The summed E-state index contributed by atoms with van der Waals surface area (Å²) >= 11 is 0. The van der Waals surface area contributed by atoms with Crippen molar-refractivity contribution in [2.24, 2.45) is 0 Å². The number of piperidine rings is 1. The standard InChI is InChI=1S/C26H26N2O5/c1-17-6-8-19(9-7-17)23-15-24(30)27(16-18-4-3-5-22(14-18)33-2)25(26(23)28(31)32)20-10-12-21(29)13-11-20/h3-14,23,25-26,29H,15-16H2,1-2H3/t23-,25+,26-/m0/s1. The number of aryl methyl sites for hydroxylation is 1. The Hall–Kier alpha value is -3.87. The van der Waals surface area contributed by atoms with E-state index < -0.39 is 18.0 Å². The molecule has 7 heteroatoms. The van der Waals surface area contributed by atoms with Crippen LogP contribution >= 0.6 is 0 Å². The van der Waals surface area contributed by atoms with Crippen LogP contribution in [0, 0.1) is 17.0 Å². The van der Waals surface area contributed by atoms with Gasteiger partial charge in [0.1, 0.15) is 17.5 Å². The highest BCUT2D eigenvalue weighted by Crippen LogP contribution is 2.43. The Morgan fingerprint density at radius 1 is 1.06 bits per heavy atom. The fraction of sp³-hybridized carbons (Fsp3) is 0.269. The largest absolute Gasteiger partial charge is 0.508 e. The zero-order valence-electron chi connectivity index (χ0n) is 18.5. The Balaban J connectivity index is 1.80. The maximum Gasteiger partial charge on any atom is 0.244 e. The predicted molar refractivity (Wildman–Crippen MR) is 124 cm³/mol. The Kier molecular flexibility index (Phi) is 6.31. The topological polar surface area (TPSA) is 92.9 Å². The summed E-state index contributed by atoms with van der Waals surface area (Å²) in [6.45, 7) is 2.17. The molecule has 1 aliphatic heterocycles. The minimum absolute atomic E-state index is 0.0489. The second kappa shape index (κ2) is 9.32. The van der Waals surface area contributed by atoms with Crippen molar-refractivity contribution < 1.29 is 19.6 Å². The molecule has 0 aliphatic carbocycles. The first-order valence-electron chi connectivity index (χ1n) is 10.8. The third kappa shape index (κ3) is 4.67. The smallest absolute Gasteiger partial charge is 0.244 e. The Morgan fingerprint density at radius 3 is 2.36 bits per heavy atom. The van der Waals surface area contributed by atoms with Crippen molar-refractivity contribution in [3.63, 3.8) is 0 Å². The molecule has 0 unspecified atom stereocenters. The highest BCUT2D eigenvalue weighted by atomic mass is 16.6. The number of carbonyl (C=O) groups excluding carboxylic acids is 1. The van der Waals surface area contributed by atoms with Crippen molar-refractivity contribution in [3.8, 4) is 11.5 Å². The molecule has 3 atom stereocenters. The highest BCUT2D eigenvalue weighted by Gasteiger charge is 2.50. The van der Waals surface area contributed by atoms with E-state index in [-0.39, 0.29) is 29.5 Å². The number of aromatic hydroxyl groups is 1. The molecule has 0 saturated carbocycles. The van der Waals surface area contributed by atoms with Crippen LogP contribution < -0.4 is 4.74 Å². The van der Waals surface area contributed by atoms with Gasteiger partial charge in [-0.15, -0.1) is 0 Å². The van der Waals surface area contributed by atoms with Crippen LogP contribution in [0.3, 0.4) is 0 Å². The second-order valence-corrected chi connectivity index (χ2v) is 8.41. The third-order valence-corrected chi connectivity index (χ3v) is 6.26. The molecule has 4 rings (SSSR count). The zero-order valence-corrected chi connectivity index (χ0v) is 18.5. The molecule has 1 amide bonds. The minimum atomic E-state index is -1.04. The number of ether oxygens (including phenoxy) is 1. The van der Waals surface area contributed by atoms with Gasteiger partial charge in [-0.05, 0) is 47.9 Å². The summed E-state index contributed by atoms with van der Waals surface area (Å²) in [4.78, 5) is 27.2. The monoisotopic (exact) mass is 446 g/mol. The molecule has 7 nitrogen and oxygen atoms in total. The van der Waals surface area contributed by atoms with Crippen molar-refractivity contribution in [2.75, 3.05) is 7.11 Å². The first-order valence-corrected chi connectivity index (χ1v) is 10.8. The summed E-state index contributed by atoms with van der Waals surface area (Å²) in [7, 11) is 1.57. The van der Waals surface area contributed by atoms with Crippen molar-refractivity contribution in [1.82, 2.24) is 4.90 Å². The van der Waals surface area contributed by atoms with E-state index in [1.54, 1.807) is 24.1 Å². The van der Waals surface area contributed by atoms with Gasteiger partial charge in [0, 0.05) is 17.9 Å². The van der Waals surface area contributed by atoms with Crippen LogP contribution in [-0.4, -0.2) is 34.0 Å². The van der Waals surface area contributed by atoms with E-state index in [9.17, 15) is 20.0 Å². The molecule has 0 spiro atoms. The molecule has 1 N–H and O–H groups in total. The van der Waals surface area contributed by atoms with Crippen molar-refractivity contribution in [3.05, 3.63) is 105 Å². The van der Waals surface area contributed by atoms with E-state index in [0.29, 0.717) is 11.3 Å². The molecule has 1 heterocycles.